The average Bonchev–Trinajstić information content (AvgIpc) is 3.22. The minimum atomic E-state index is -0.612. The summed E-state index contributed by atoms with van der Waals surface area (Å²) >= 11 is 5.92. The molecule has 2 saturated heterocycles. The van der Waals surface area contributed by atoms with E-state index in [4.69, 9.17) is 25.5 Å². The zero-order valence-electron chi connectivity index (χ0n) is 18.0. The van der Waals surface area contributed by atoms with Gasteiger partial charge in [0.05, 0.1) is 24.8 Å². The van der Waals surface area contributed by atoms with Crippen molar-refractivity contribution in [2.75, 3.05) is 50.9 Å². The van der Waals surface area contributed by atoms with Gasteiger partial charge >= 0.3 is 0 Å². The maximum atomic E-state index is 13.0. The van der Waals surface area contributed by atoms with Gasteiger partial charge in [0.15, 0.2) is 5.58 Å². The second-order valence-corrected chi connectivity index (χ2v) is 8.64. The molecule has 3 aromatic heterocycles. The van der Waals surface area contributed by atoms with Gasteiger partial charge in [0.25, 0.3) is 11.9 Å². The molecule has 170 valence electrons. The van der Waals surface area contributed by atoms with E-state index in [0.717, 1.165) is 5.56 Å². The molecule has 11 heteroatoms. The van der Waals surface area contributed by atoms with Crippen LogP contribution in [0.4, 0.5) is 6.01 Å². The summed E-state index contributed by atoms with van der Waals surface area (Å²) in [7, 11) is 0. The van der Waals surface area contributed by atoms with E-state index >= 15 is 0 Å². The first-order chi connectivity index (χ1) is 16.0. The maximum absolute atomic E-state index is 13.0. The normalized spacial score (nSPS) is 17.5. The molecule has 1 amide bonds. The highest BCUT2D eigenvalue weighted by Crippen LogP contribution is 2.28. The Labute approximate surface area is 194 Å². The third-order valence-corrected chi connectivity index (χ3v) is 6.01. The number of rotatable bonds is 5. The minimum absolute atomic E-state index is 0.0938. The summed E-state index contributed by atoms with van der Waals surface area (Å²) in [5.74, 6) is 0.325. The highest BCUT2D eigenvalue weighted by atomic mass is 35.5. The number of nitrogens with zero attached hydrogens (tertiary/aromatic N) is 6. The number of halogens is 1. The summed E-state index contributed by atoms with van der Waals surface area (Å²) < 4.78 is 16.6. The number of carbonyl (C=O) groups is 1. The lowest BCUT2D eigenvalue weighted by atomic mass is 9.89. The van der Waals surface area contributed by atoms with E-state index in [9.17, 15) is 10.1 Å². The lowest BCUT2D eigenvalue weighted by Gasteiger charge is -2.34. The van der Waals surface area contributed by atoms with E-state index in [-0.39, 0.29) is 12.5 Å². The van der Waals surface area contributed by atoms with E-state index < -0.39 is 5.41 Å². The van der Waals surface area contributed by atoms with Crippen LogP contribution < -0.4 is 9.64 Å². The van der Waals surface area contributed by atoms with Crippen molar-refractivity contribution in [1.82, 2.24) is 19.9 Å². The van der Waals surface area contributed by atoms with Gasteiger partial charge in [-0.15, -0.1) is 0 Å². The highest BCUT2D eigenvalue weighted by molar-refractivity contribution is 6.29. The third kappa shape index (κ3) is 4.17. The van der Waals surface area contributed by atoms with Crippen LogP contribution in [-0.4, -0.2) is 71.8 Å². The van der Waals surface area contributed by atoms with E-state index in [1.165, 1.54) is 6.20 Å². The largest absolute Gasteiger partial charge is 0.476 e. The van der Waals surface area contributed by atoms with E-state index in [0.29, 0.717) is 73.2 Å². The topological polar surface area (TPSA) is 118 Å². The second kappa shape index (κ2) is 8.50. The number of carbonyl (C=O) groups excluding carboxylic acids is 1. The minimum Gasteiger partial charge on any atom is -0.476 e. The summed E-state index contributed by atoms with van der Waals surface area (Å²) in [4.78, 5) is 29.6. The number of amides is 1. The van der Waals surface area contributed by atoms with Crippen LogP contribution in [0.3, 0.4) is 0 Å². The molecular formula is C22H21ClN6O4. The van der Waals surface area contributed by atoms with Gasteiger partial charge in [-0.3, -0.25) is 4.79 Å². The van der Waals surface area contributed by atoms with Crippen LogP contribution in [0.25, 0.3) is 11.2 Å². The number of hydrogen-bond acceptors (Lipinski definition) is 9. The lowest BCUT2D eigenvalue weighted by molar-refractivity contribution is -0.0969. The Bertz CT molecular complexity index is 1240. The third-order valence-electron chi connectivity index (χ3n) is 5.80. The number of piperazine rings is 1. The Hall–Kier alpha value is -3.42. The van der Waals surface area contributed by atoms with Crippen molar-refractivity contribution in [2.45, 2.75) is 6.92 Å². The number of ether oxygens (including phenoxy) is 2. The molecule has 0 aromatic carbocycles. The first kappa shape index (κ1) is 21.4. The molecule has 0 bridgehead atoms. The van der Waals surface area contributed by atoms with Crippen molar-refractivity contribution < 1.29 is 18.7 Å². The van der Waals surface area contributed by atoms with Crippen LogP contribution >= 0.6 is 11.6 Å². The van der Waals surface area contributed by atoms with Crippen LogP contribution in [0.1, 0.15) is 15.9 Å². The molecule has 10 nitrogen and oxygen atoms in total. The average molecular weight is 469 g/mol. The monoisotopic (exact) mass is 468 g/mol. The van der Waals surface area contributed by atoms with Crippen molar-refractivity contribution in [3.05, 3.63) is 40.7 Å². The van der Waals surface area contributed by atoms with Crippen molar-refractivity contribution in [3.63, 3.8) is 0 Å². The van der Waals surface area contributed by atoms with Crippen molar-refractivity contribution in [1.29, 1.82) is 5.26 Å². The number of oxazole rings is 1. The number of pyridine rings is 2. The summed E-state index contributed by atoms with van der Waals surface area (Å²) in [5.41, 5.74) is 1.66. The Balaban J connectivity index is 1.20. The lowest BCUT2D eigenvalue weighted by Crippen LogP contribution is -2.49. The molecule has 5 heterocycles. The number of aryl methyl sites for hydroxylation is 1. The standard InChI is InChI=1S/C22H21ClN6O4/c1-14-8-15(9-25-19(14)32-13-22(10-24)11-31-12-22)20(30)28-4-6-29(7-5-28)21-27-18-16(33-21)2-3-17(23)26-18/h2-3,8-9H,4-7,11-13H2,1H3. The molecule has 3 aromatic rings. The first-order valence-corrected chi connectivity index (χ1v) is 10.9. The van der Waals surface area contributed by atoms with Crippen LogP contribution in [0.5, 0.6) is 5.88 Å². The molecule has 2 fully saturated rings. The Morgan fingerprint density at radius 2 is 2.06 bits per heavy atom. The number of anilines is 1. The molecular weight excluding hydrogens is 448 g/mol. The fraction of sp³-hybridized carbons (Fsp3) is 0.409. The molecule has 0 unspecified atom stereocenters. The molecule has 0 aliphatic carbocycles. The van der Waals surface area contributed by atoms with Crippen LogP contribution in [0, 0.1) is 23.7 Å². The predicted molar refractivity (Wildman–Crippen MR) is 118 cm³/mol. The van der Waals surface area contributed by atoms with Gasteiger partial charge in [-0.2, -0.15) is 10.2 Å². The molecule has 0 radical (unpaired) electrons. The molecule has 5 rings (SSSR count). The zero-order valence-corrected chi connectivity index (χ0v) is 18.7. The van der Waals surface area contributed by atoms with Crippen molar-refractivity contribution in [2.24, 2.45) is 5.41 Å². The molecule has 0 N–H and O–H groups in total. The Kier molecular flexibility index (Phi) is 5.52. The van der Waals surface area contributed by atoms with Gasteiger partial charge in [0.1, 0.15) is 17.2 Å². The van der Waals surface area contributed by atoms with Gasteiger partial charge in [0.2, 0.25) is 11.5 Å². The van der Waals surface area contributed by atoms with Crippen LogP contribution in [0.15, 0.2) is 28.8 Å². The number of fused-ring (bicyclic) bond motifs is 1. The molecule has 33 heavy (non-hydrogen) atoms. The summed E-state index contributed by atoms with van der Waals surface area (Å²) in [6.45, 7) is 4.97. The van der Waals surface area contributed by atoms with Crippen LogP contribution in [0.2, 0.25) is 5.15 Å². The smallest absolute Gasteiger partial charge is 0.300 e. The van der Waals surface area contributed by atoms with E-state index in [1.54, 1.807) is 23.1 Å². The summed E-state index contributed by atoms with van der Waals surface area (Å²) in [5, 5.41) is 9.64. The van der Waals surface area contributed by atoms with E-state index in [2.05, 4.69) is 21.0 Å². The second-order valence-electron chi connectivity index (χ2n) is 8.25. The molecule has 2 aliphatic rings. The number of nitriles is 1. The van der Waals surface area contributed by atoms with E-state index in [1.807, 2.05) is 11.8 Å². The summed E-state index contributed by atoms with van der Waals surface area (Å²) in [6, 6.07) is 7.87. The van der Waals surface area contributed by atoms with Gasteiger partial charge in [-0.05, 0) is 25.1 Å². The van der Waals surface area contributed by atoms with Crippen LogP contribution in [-0.2, 0) is 4.74 Å². The SMILES string of the molecule is Cc1cc(C(=O)N2CCN(c3nc4nc(Cl)ccc4o3)CC2)cnc1OCC1(C#N)COC1. The molecule has 0 saturated carbocycles. The molecule has 2 aliphatic heterocycles. The quantitative estimate of drug-likeness (QED) is 0.520. The predicted octanol–water partition coefficient (Wildman–Crippen LogP) is 2.46. The maximum Gasteiger partial charge on any atom is 0.300 e. The molecule has 0 atom stereocenters. The first-order valence-electron chi connectivity index (χ1n) is 10.5. The number of hydrogen-bond donors (Lipinski definition) is 0. The number of aromatic nitrogens is 3. The Morgan fingerprint density at radius 1 is 1.27 bits per heavy atom. The van der Waals surface area contributed by atoms with Gasteiger partial charge in [0, 0.05) is 37.9 Å². The fourth-order valence-electron chi connectivity index (χ4n) is 3.77. The van der Waals surface area contributed by atoms with Crippen molar-refractivity contribution in [3.8, 4) is 11.9 Å². The van der Waals surface area contributed by atoms with Crippen molar-refractivity contribution >= 4 is 34.8 Å². The van der Waals surface area contributed by atoms with Gasteiger partial charge in [-0.25, -0.2) is 9.97 Å². The van der Waals surface area contributed by atoms with Gasteiger partial charge < -0.3 is 23.7 Å². The fourth-order valence-corrected chi connectivity index (χ4v) is 3.91. The Morgan fingerprint density at radius 3 is 2.73 bits per heavy atom. The highest BCUT2D eigenvalue weighted by Gasteiger charge is 2.40. The summed E-state index contributed by atoms with van der Waals surface area (Å²) in [6.07, 6.45) is 1.52. The zero-order chi connectivity index (χ0) is 23.0. The molecule has 0 spiro atoms. The van der Waals surface area contributed by atoms with Gasteiger partial charge in [-0.1, -0.05) is 11.6 Å².